The Bertz CT molecular complexity index is 1430. The maximum absolute atomic E-state index is 14.2. The normalized spacial score (nSPS) is 14.7. The van der Waals surface area contributed by atoms with Crippen LogP contribution >= 0.6 is 27.5 Å². The molecule has 0 heterocycles. The van der Waals surface area contributed by atoms with Gasteiger partial charge < -0.3 is 10.2 Å². The van der Waals surface area contributed by atoms with Crippen LogP contribution in [0.4, 0.5) is 5.69 Å². The molecular weight excluding hydrogens is 626 g/mol. The number of carbonyl (C=O) groups is 2. The van der Waals surface area contributed by atoms with Crippen molar-refractivity contribution >= 4 is 55.1 Å². The van der Waals surface area contributed by atoms with Crippen LogP contribution in [0.3, 0.4) is 0 Å². The molecule has 7 nitrogen and oxygen atoms in total. The lowest BCUT2D eigenvalue weighted by Gasteiger charge is -2.35. The molecule has 1 aliphatic rings. The van der Waals surface area contributed by atoms with E-state index in [2.05, 4.69) is 21.2 Å². The Morgan fingerprint density at radius 1 is 0.951 bits per heavy atom. The molecule has 0 saturated heterocycles. The number of amides is 2. The minimum Gasteiger partial charge on any atom is -0.352 e. The molecule has 2 amide bonds. The standard InChI is InChI=1S/C31H35BrClN3O4S/c1-41(39,40)36(28-14-8-11-26(33)20-28)22-30(37)35(21-24-15-17-25(32)18-16-24)29(19-23-9-4-2-5-10-23)31(38)34-27-12-6-3-7-13-27/h2,4-5,8-11,14-18,20,27,29H,3,6-7,12-13,19,21-22H2,1H3,(H,34,38). The summed E-state index contributed by atoms with van der Waals surface area (Å²) in [5.41, 5.74) is 2.00. The Morgan fingerprint density at radius 3 is 2.27 bits per heavy atom. The number of anilines is 1. The Balaban J connectivity index is 1.71. The first kappa shape index (κ1) is 31.1. The number of halogens is 2. The highest BCUT2D eigenvalue weighted by Crippen LogP contribution is 2.24. The molecule has 1 unspecified atom stereocenters. The molecule has 218 valence electrons. The van der Waals surface area contributed by atoms with Gasteiger partial charge in [-0.15, -0.1) is 0 Å². The summed E-state index contributed by atoms with van der Waals surface area (Å²) in [6.45, 7) is -0.341. The van der Waals surface area contributed by atoms with Crippen LogP contribution in [-0.2, 0) is 32.6 Å². The van der Waals surface area contributed by atoms with E-state index in [1.165, 1.54) is 11.0 Å². The van der Waals surface area contributed by atoms with E-state index in [1.807, 2.05) is 54.6 Å². The van der Waals surface area contributed by atoms with Crippen molar-refractivity contribution in [2.24, 2.45) is 0 Å². The highest BCUT2D eigenvalue weighted by Gasteiger charge is 2.34. The zero-order valence-corrected chi connectivity index (χ0v) is 26.2. The highest BCUT2D eigenvalue weighted by molar-refractivity contribution is 9.10. The van der Waals surface area contributed by atoms with Crippen molar-refractivity contribution in [1.82, 2.24) is 10.2 Å². The van der Waals surface area contributed by atoms with Gasteiger partial charge in [0.1, 0.15) is 12.6 Å². The number of nitrogens with one attached hydrogen (secondary N) is 1. The monoisotopic (exact) mass is 659 g/mol. The molecule has 41 heavy (non-hydrogen) atoms. The van der Waals surface area contributed by atoms with Crippen LogP contribution in [0.2, 0.25) is 5.02 Å². The first-order valence-electron chi connectivity index (χ1n) is 13.7. The summed E-state index contributed by atoms with van der Waals surface area (Å²) < 4.78 is 27.7. The molecule has 3 aromatic rings. The molecule has 1 saturated carbocycles. The van der Waals surface area contributed by atoms with Gasteiger partial charge in [-0.2, -0.15) is 0 Å². The summed E-state index contributed by atoms with van der Waals surface area (Å²) in [6.07, 6.45) is 6.41. The fourth-order valence-corrected chi connectivity index (χ4v) is 6.42. The van der Waals surface area contributed by atoms with Crippen molar-refractivity contribution in [3.8, 4) is 0 Å². The lowest BCUT2D eigenvalue weighted by molar-refractivity contribution is -0.140. The first-order valence-corrected chi connectivity index (χ1v) is 16.7. The fraction of sp³-hybridized carbons (Fsp3) is 0.355. The van der Waals surface area contributed by atoms with Gasteiger partial charge in [0.25, 0.3) is 0 Å². The Morgan fingerprint density at radius 2 is 1.63 bits per heavy atom. The summed E-state index contributed by atoms with van der Waals surface area (Å²) in [5, 5.41) is 3.55. The summed E-state index contributed by atoms with van der Waals surface area (Å²) >= 11 is 9.61. The summed E-state index contributed by atoms with van der Waals surface area (Å²) in [6, 6.07) is 22.7. The third kappa shape index (κ3) is 9.05. The van der Waals surface area contributed by atoms with Gasteiger partial charge >= 0.3 is 0 Å². The molecule has 3 aromatic carbocycles. The van der Waals surface area contributed by atoms with Gasteiger partial charge in [-0.3, -0.25) is 13.9 Å². The van der Waals surface area contributed by atoms with Crippen LogP contribution in [0.15, 0.2) is 83.3 Å². The van der Waals surface area contributed by atoms with E-state index in [0.717, 1.165) is 58.3 Å². The molecular formula is C31H35BrClN3O4S. The van der Waals surface area contributed by atoms with Gasteiger partial charge in [0.2, 0.25) is 21.8 Å². The third-order valence-electron chi connectivity index (χ3n) is 7.26. The van der Waals surface area contributed by atoms with Gasteiger partial charge in [-0.25, -0.2) is 8.42 Å². The van der Waals surface area contributed by atoms with Crippen molar-refractivity contribution in [2.45, 2.75) is 57.2 Å². The second-order valence-electron chi connectivity index (χ2n) is 10.4. The van der Waals surface area contributed by atoms with Crippen LogP contribution < -0.4 is 9.62 Å². The van der Waals surface area contributed by atoms with Crippen molar-refractivity contribution in [1.29, 1.82) is 0 Å². The Kier molecular flexibility index (Phi) is 10.9. The van der Waals surface area contributed by atoms with Gasteiger partial charge in [0.15, 0.2) is 0 Å². The molecule has 10 heteroatoms. The Labute approximate surface area is 256 Å². The van der Waals surface area contributed by atoms with Gasteiger partial charge in [-0.1, -0.05) is 95.3 Å². The van der Waals surface area contributed by atoms with E-state index in [9.17, 15) is 18.0 Å². The van der Waals surface area contributed by atoms with Crippen LogP contribution in [-0.4, -0.2) is 50.0 Å². The van der Waals surface area contributed by atoms with E-state index in [1.54, 1.807) is 18.2 Å². The summed E-state index contributed by atoms with van der Waals surface area (Å²) in [5.74, 6) is -0.724. The smallest absolute Gasteiger partial charge is 0.244 e. The minimum atomic E-state index is -3.85. The van der Waals surface area contributed by atoms with E-state index >= 15 is 0 Å². The van der Waals surface area contributed by atoms with Crippen molar-refractivity contribution in [3.05, 3.63) is 99.5 Å². The summed E-state index contributed by atoms with van der Waals surface area (Å²) in [7, 11) is -3.85. The zero-order valence-electron chi connectivity index (χ0n) is 23.0. The largest absolute Gasteiger partial charge is 0.352 e. The van der Waals surface area contributed by atoms with Crippen LogP contribution in [0.25, 0.3) is 0 Å². The molecule has 0 bridgehead atoms. The number of carbonyl (C=O) groups excluding carboxylic acids is 2. The first-order chi connectivity index (χ1) is 19.6. The van der Waals surface area contributed by atoms with Gasteiger partial charge in [0, 0.05) is 28.5 Å². The quantitative estimate of drug-likeness (QED) is 0.275. The average Bonchev–Trinajstić information content (AvgIpc) is 2.95. The fourth-order valence-electron chi connectivity index (χ4n) is 5.13. The number of hydrogen-bond acceptors (Lipinski definition) is 4. The molecule has 0 aliphatic heterocycles. The van der Waals surface area contributed by atoms with Gasteiger partial charge in [-0.05, 0) is 54.3 Å². The second-order valence-corrected chi connectivity index (χ2v) is 13.7. The molecule has 1 aliphatic carbocycles. The molecule has 0 aromatic heterocycles. The zero-order chi connectivity index (χ0) is 29.4. The number of rotatable bonds is 11. The lowest BCUT2D eigenvalue weighted by Crippen LogP contribution is -2.55. The van der Waals surface area contributed by atoms with Gasteiger partial charge in [0.05, 0.1) is 11.9 Å². The minimum absolute atomic E-state index is 0.0538. The van der Waals surface area contributed by atoms with Crippen molar-refractivity contribution in [3.63, 3.8) is 0 Å². The number of hydrogen-bond donors (Lipinski definition) is 1. The maximum atomic E-state index is 14.2. The van der Waals surface area contributed by atoms with E-state index < -0.39 is 28.5 Å². The summed E-state index contributed by atoms with van der Waals surface area (Å²) in [4.78, 5) is 29.6. The maximum Gasteiger partial charge on any atom is 0.244 e. The molecule has 0 radical (unpaired) electrons. The number of sulfonamides is 1. The second kappa shape index (κ2) is 14.3. The topological polar surface area (TPSA) is 86.8 Å². The average molecular weight is 661 g/mol. The van der Waals surface area contributed by atoms with E-state index in [4.69, 9.17) is 11.6 Å². The van der Waals surface area contributed by atoms with Crippen molar-refractivity contribution < 1.29 is 18.0 Å². The Hall–Kier alpha value is -2.88. The third-order valence-corrected chi connectivity index (χ3v) is 9.17. The van der Waals surface area contributed by atoms with Crippen molar-refractivity contribution in [2.75, 3.05) is 17.1 Å². The molecule has 1 N–H and O–H groups in total. The van der Waals surface area contributed by atoms with Crippen LogP contribution in [0.1, 0.15) is 43.2 Å². The van der Waals surface area contributed by atoms with Crippen LogP contribution in [0.5, 0.6) is 0 Å². The SMILES string of the molecule is CS(=O)(=O)N(CC(=O)N(Cc1ccc(Br)cc1)C(Cc1ccccc1)C(=O)NC1CCCCC1)c1cccc(Cl)c1. The molecule has 4 rings (SSSR count). The molecule has 1 fully saturated rings. The molecule has 1 atom stereocenters. The molecule has 0 spiro atoms. The van der Waals surface area contributed by atoms with E-state index in [-0.39, 0.29) is 30.6 Å². The predicted molar refractivity (Wildman–Crippen MR) is 167 cm³/mol. The highest BCUT2D eigenvalue weighted by atomic mass is 79.9. The number of nitrogens with zero attached hydrogens (tertiary/aromatic N) is 2. The predicted octanol–water partition coefficient (Wildman–Crippen LogP) is 5.96. The van der Waals surface area contributed by atoms with Crippen LogP contribution in [0, 0.1) is 0 Å². The van der Waals surface area contributed by atoms with E-state index in [0.29, 0.717) is 5.02 Å². The lowest BCUT2D eigenvalue weighted by atomic mass is 9.94. The number of benzene rings is 3.